The number of aryl methyl sites for hydroxylation is 1. The summed E-state index contributed by atoms with van der Waals surface area (Å²) < 4.78 is 10.4. The Balaban J connectivity index is 2.50. The first-order valence-electron chi connectivity index (χ1n) is 5.34. The summed E-state index contributed by atoms with van der Waals surface area (Å²) in [5.74, 6) is 2.56. The van der Waals surface area contributed by atoms with Gasteiger partial charge in [-0.1, -0.05) is 0 Å². The van der Waals surface area contributed by atoms with Crippen LogP contribution < -0.4 is 15.2 Å². The van der Waals surface area contributed by atoms with Crippen LogP contribution >= 0.6 is 0 Å². The lowest BCUT2D eigenvalue weighted by atomic mass is 10.2. The molecule has 1 aromatic heterocycles. The number of anilines is 1. The topological polar surface area (TPSA) is 83.2 Å². The third kappa shape index (κ3) is 2.32. The zero-order chi connectivity index (χ0) is 13.1. The Kier molecular flexibility index (Phi) is 3.27. The molecule has 0 unspecified atom stereocenters. The monoisotopic (exact) mass is 246 g/mol. The minimum absolute atomic E-state index is 0.201. The van der Waals surface area contributed by atoms with Crippen LogP contribution in [0.2, 0.25) is 0 Å². The number of methoxy groups -OCH3 is 2. The first-order chi connectivity index (χ1) is 8.63. The average molecular weight is 246 g/mol. The Morgan fingerprint density at radius 3 is 2.33 bits per heavy atom. The highest BCUT2D eigenvalue weighted by Crippen LogP contribution is 2.30. The fourth-order valence-electron chi connectivity index (χ4n) is 1.61. The van der Waals surface area contributed by atoms with Gasteiger partial charge in [-0.3, -0.25) is 0 Å². The maximum Gasteiger partial charge on any atom is 0.223 e. The van der Waals surface area contributed by atoms with E-state index in [1.807, 2.05) is 6.07 Å². The van der Waals surface area contributed by atoms with Crippen LogP contribution in [0.1, 0.15) is 5.82 Å². The van der Waals surface area contributed by atoms with Crippen molar-refractivity contribution in [2.24, 2.45) is 0 Å². The van der Waals surface area contributed by atoms with Gasteiger partial charge in [0.05, 0.1) is 14.2 Å². The van der Waals surface area contributed by atoms with Crippen molar-refractivity contribution in [2.45, 2.75) is 6.92 Å². The van der Waals surface area contributed by atoms with E-state index in [1.54, 1.807) is 33.3 Å². The van der Waals surface area contributed by atoms with Gasteiger partial charge >= 0.3 is 0 Å². The summed E-state index contributed by atoms with van der Waals surface area (Å²) in [6, 6.07) is 5.44. The molecule has 94 valence electrons. The predicted molar refractivity (Wildman–Crippen MR) is 67.5 cm³/mol. The van der Waals surface area contributed by atoms with E-state index in [-0.39, 0.29) is 5.95 Å². The number of rotatable bonds is 3. The van der Waals surface area contributed by atoms with Gasteiger partial charge in [0.2, 0.25) is 5.95 Å². The van der Waals surface area contributed by atoms with Crippen molar-refractivity contribution in [1.29, 1.82) is 0 Å². The Hall–Kier alpha value is -2.37. The molecule has 2 aromatic rings. The second-order valence-corrected chi connectivity index (χ2v) is 3.63. The Labute approximate surface area is 105 Å². The lowest BCUT2D eigenvalue weighted by molar-refractivity contribution is 0.355. The molecule has 1 aromatic carbocycles. The van der Waals surface area contributed by atoms with Crippen molar-refractivity contribution in [1.82, 2.24) is 15.0 Å². The van der Waals surface area contributed by atoms with Crippen LogP contribution in [0.5, 0.6) is 11.5 Å². The number of hydrogen-bond acceptors (Lipinski definition) is 6. The molecule has 0 radical (unpaired) electrons. The Morgan fingerprint density at radius 2 is 1.72 bits per heavy atom. The van der Waals surface area contributed by atoms with Gasteiger partial charge in [0.15, 0.2) is 17.3 Å². The molecular weight excluding hydrogens is 232 g/mol. The highest BCUT2D eigenvalue weighted by atomic mass is 16.5. The summed E-state index contributed by atoms with van der Waals surface area (Å²) in [4.78, 5) is 12.3. The van der Waals surface area contributed by atoms with Crippen LogP contribution in [-0.2, 0) is 0 Å². The smallest absolute Gasteiger partial charge is 0.223 e. The highest BCUT2D eigenvalue weighted by Gasteiger charge is 2.09. The molecule has 0 atom stereocenters. The highest BCUT2D eigenvalue weighted by molar-refractivity contribution is 5.61. The van der Waals surface area contributed by atoms with E-state index in [4.69, 9.17) is 15.2 Å². The summed E-state index contributed by atoms with van der Waals surface area (Å²) in [5.41, 5.74) is 6.40. The van der Waals surface area contributed by atoms with Gasteiger partial charge in [-0.05, 0) is 25.1 Å². The minimum Gasteiger partial charge on any atom is -0.493 e. The van der Waals surface area contributed by atoms with Gasteiger partial charge in [0.1, 0.15) is 5.82 Å². The third-order valence-corrected chi connectivity index (χ3v) is 2.41. The third-order valence-electron chi connectivity index (χ3n) is 2.41. The zero-order valence-corrected chi connectivity index (χ0v) is 10.5. The van der Waals surface area contributed by atoms with Crippen LogP contribution in [0.15, 0.2) is 18.2 Å². The molecule has 6 nitrogen and oxygen atoms in total. The number of ether oxygens (including phenoxy) is 2. The fraction of sp³-hybridized carbons (Fsp3) is 0.250. The van der Waals surface area contributed by atoms with E-state index in [2.05, 4.69) is 15.0 Å². The molecule has 0 aliphatic carbocycles. The number of benzene rings is 1. The lowest BCUT2D eigenvalue weighted by Gasteiger charge is -2.09. The SMILES string of the molecule is COc1ccc(-c2nc(C)nc(N)n2)cc1OC. The molecule has 0 aliphatic heterocycles. The maximum absolute atomic E-state index is 5.61. The van der Waals surface area contributed by atoms with E-state index in [9.17, 15) is 0 Å². The zero-order valence-electron chi connectivity index (χ0n) is 10.5. The van der Waals surface area contributed by atoms with E-state index < -0.39 is 0 Å². The first kappa shape index (κ1) is 12.1. The number of aromatic nitrogens is 3. The summed E-state index contributed by atoms with van der Waals surface area (Å²) in [5, 5.41) is 0. The average Bonchev–Trinajstić information content (AvgIpc) is 2.36. The van der Waals surface area contributed by atoms with Gasteiger partial charge in [0, 0.05) is 5.56 Å². The van der Waals surface area contributed by atoms with Crippen LogP contribution in [-0.4, -0.2) is 29.2 Å². The normalized spacial score (nSPS) is 10.2. The molecule has 2 rings (SSSR count). The Morgan fingerprint density at radius 1 is 1.00 bits per heavy atom. The second kappa shape index (κ2) is 4.87. The Bertz CT molecular complexity index is 552. The van der Waals surface area contributed by atoms with Crippen molar-refractivity contribution in [3.05, 3.63) is 24.0 Å². The molecule has 6 heteroatoms. The molecule has 0 fully saturated rings. The second-order valence-electron chi connectivity index (χ2n) is 3.63. The molecule has 0 saturated carbocycles. The van der Waals surface area contributed by atoms with Gasteiger partial charge in [-0.25, -0.2) is 4.98 Å². The molecule has 0 bridgehead atoms. The van der Waals surface area contributed by atoms with E-state index in [0.717, 1.165) is 5.56 Å². The quantitative estimate of drug-likeness (QED) is 0.882. The van der Waals surface area contributed by atoms with E-state index >= 15 is 0 Å². The number of nitrogen functional groups attached to an aromatic ring is 1. The van der Waals surface area contributed by atoms with Crippen LogP contribution in [0.3, 0.4) is 0 Å². The molecule has 0 amide bonds. The van der Waals surface area contributed by atoms with Crippen molar-refractivity contribution in [3.63, 3.8) is 0 Å². The molecule has 2 N–H and O–H groups in total. The summed E-state index contributed by atoms with van der Waals surface area (Å²) in [6.07, 6.45) is 0. The number of hydrogen-bond donors (Lipinski definition) is 1. The van der Waals surface area contributed by atoms with Crippen molar-refractivity contribution < 1.29 is 9.47 Å². The molecule has 0 aliphatic rings. The summed E-state index contributed by atoms with van der Waals surface area (Å²) in [7, 11) is 3.16. The van der Waals surface area contributed by atoms with Crippen molar-refractivity contribution >= 4 is 5.95 Å². The first-order valence-corrected chi connectivity index (χ1v) is 5.34. The standard InChI is InChI=1S/C12H14N4O2/c1-7-14-11(16-12(13)15-7)8-4-5-9(17-2)10(6-8)18-3/h4-6H,1-3H3,(H2,13,14,15,16). The number of nitrogens with two attached hydrogens (primary N) is 1. The van der Waals surface area contributed by atoms with Crippen molar-refractivity contribution in [3.8, 4) is 22.9 Å². The number of nitrogens with zero attached hydrogens (tertiary/aromatic N) is 3. The lowest BCUT2D eigenvalue weighted by Crippen LogP contribution is -2.02. The van der Waals surface area contributed by atoms with Gasteiger partial charge in [-0.2, -0.15) is 9.97 Å². The molecule has 0 saturated heterocycles. The minimum atomic E-state index is 0.201. The fourth-order valence-corrected chi connectivity index (χ4v) is 1.61. The van der Waals surface area contributed by atoms with Gasteiger partial charge < -0.3 is 15.2 Å². The summed E-state index contributed by atoms with van der Waals surface area (Å²) >= 11 is 0. The van der Waals surface area contributed by atoms with Crippen molar-refractivity contribution in [2.75, 3.05) is 20.0 Å². The largest absolute Gasteiger partial charge is 0.493 e. The van der Waals surface area contributed by atoms with Gasteiger partial charge in [-0.15, -0.1) is 0 Å². The van der Waals surface area contributed by atoms with Crippen LogP contribution in [0.4, 0.5) is 5.95 Å². The van der Waals surface area contributed by atoms with E-state index in [1.165, 1.54) is 0 Å². The molecule has 1 heterocycles. The molecular formula is C12H14N4O2. The van der Waals surface area contributed by atoms with Crippen LogP contribution in [0, 0.1) is 6.92 Å². The molecule has 18 heavy (non-hydrogen) atoms. The molecule has 0 spiro atoms. The predicted octanol–water partition coefficient (Wildman–Crippen LogP) is 1.45. The van der Waals surface area contributed by atoms with Crippen LogP contribution in [0.25, 0.3) is 11.4 Å². The summed E-state index contributed by atoms with van der Waals surface area (Å²) in [6.45, 7) is 1.77. The van der Waals surface area contributed by atoms with Gasteiger partial charge in [0.25, 0.3) is 0 Å². The van der Waals surface area contributed by atoms with E-state index in [0.29, 0.717) is 23.1 Å². The maximum atomic E-state index is 5.61.